The maximum absolute atomic E-state index is 13.8. The molecular formula is C26H33N3O3. The number of furan rings is 1. The number of carbonyl (C=O) groups excluding carboxylic acids is 2. The molecule has 1 aromatic carbocycles. The second-order valence-corrected chi connectivity index (χ2v) is 9.86. The van der Waals surface area contributed by atoms with Gasteiger partial charge in [-0.05, 0) is 63.8 Å². The van der Waals surface area contributed by atoms with Crippen molar-refractivity contribution in [2.24, 2.45) is 0 Å². The molecule has 4 heterocycles. The van der Waals surface area contributed by atoms with Crippen molar-refractivity contribution in [2.75, 3.05) is 26.2 Å². The fourth-order valence-electron chi connectivity index (χ4n) is 5.95. The quantitative estimate of drug-likeness (QED) is 0.733. The molecule has 1 unspecified atom stereocenters. The van der Waals surface area contributed by atoms with Crippen LogP contribution in [-0.2, 0) is 11.3 Å². The van der Waals surface area contributed by atoms with E-state index in [4.69, 9.17) is 4.42 Å². The molecule has 0 bridgehead atoms. The first-order chi connectivity index (χ1) is 15.4. The van der Waals surface area contributed by atoms with Crippen LogP contribution in [0.1, 0.15) is 66.5 Å². The predicted molar refractivity (Wildman–Crippen MR) is 122 cm³/mol. The highest BCUT2D eigenvalue weighted by Gasteiger charge is 2.57. The first kappa shape index (κ1) is 21.3. The Kier molecular flexibility index (Phi) is 5.36. The Morgan fingerprint density at radius 3 is 2.41 bits per heavy atom. The second-order valence-electron chi connectivity index (χ2n) is 9.86. The Bertz CT molecular complexity index is 1010. The lowest BCUT2D eigenvalue weighted by atomic mass is 9.66. The first-order valence-electron chi connectivity index (χ1n) is 11.9. The predicted octanol–water partition coefficient (Wildman–Crippen LogP) is 3.80. The minimum Gasteiger partial charge on any atom is -0.465 e. The summed E-state index contributed by atoms with van der Waals surface area (Å²) in [6.07, 6.45) is 2.64. The van der Waals surface area contributed by atoms with Gasteiger partial charge in [-0.15, -0.1) is 0 Å². The molecule has 1 aromatic heterocycles. The smallest absolute Gasteiger partial charge is 0.254 e. The summed E-state index contributed by atoms with van der Waals surface area (Å²) in [7, 11) is 0. The molecule has 5 rings (SSSR count). The van der Waals surface area contributed by atoms with Crippen molar-refractivity contribution < 1.29 is 14.0 Å². The van der Waals surface area contributed by atoms with E-state index in [1.807, 2.05) is 53.1 Å². The zero-order valence-electron chi connectivity index (χ0n) is 19.3. The first-order valence-corrected chi connectivity index (χ1v) is 11.9. The molecule has 3 aliphatic heterocycles. The lowest BCUT2D eigenvalue weighted by molar-refractivity contribution is -0.142. The molecule has 32 heavy (non-hydrogen) atoms. The Morgan fingerprint density at radius 2 is 1.81 bits per heavy atom. The number of likely N-dealkylation sites (tertiary alicyclic amines) is 2. The molecule has 1 atom stereocenters. The summed E-state index contributed by atoms with van der Waals surface area (Å²) in [5.74, 6) is 1.86. The van der Waals surface area contributed by atoms with Gasteiger partial charge in [0.1, 0.15) is 11.5 Å². The van der Waals surface area contributed by atoms with Gasteiger partial charge in [0.05, 0.1) is 18.0 Å². The van der Waals surface area contributed by atoms with E-state index in [2.05, 4.69) is 18.7 Å². The highest BCUT2D eigenvalue weighted by Crippen LogP contribution is 2.49. The molecule has 0 radical (unpaired) electrons. The largest absolute Gasteiger partial charge is 0.465 e. The van der Waals surface area contributed by atoms with E-state index in [1.165, 1.54) is 0 Å². The van der Waals surface area contributed by atoms with E-state index in [0.29, 0.717) is 5.56 Å². The molecule has 6 nitrogen and oxygen atoms in total. The molecule has 2 aromatic rings. The lowest BCUT2D eigenvalue weighted by Gasteiger charge is -2.57. The fraction of sp³-hybridized carbons (Fsp3) is 0.538. The summed E-state index contributed by atoms with van der Waals surface area (Å²) in [6, 6.07) is 11.8. The number of hydrogen-bond acceptors (Lipinski definition) is 4. The van der Waals surface area contributed by atoms with Crippen LogP contribution in [0.4, 0.5) is 0 Å². The van der Waals surface area contributed by atoms with Crippen LogP contribution < -0.4 is 0 Å². The summed E-state index contributed by atoms with van der Waals surface area (Å²) < 4.78 is 5.79. The summed E-state index contributed by atoms with van der Waals surface area (Å²) in [5, 5.41) is 0. The standard InChI is InChI=1S/C26H33N3O3/c1-18(2)29-24(30)22-8-5-4-7-21(22)23(25(31)28-13-6-14-28)26(29)11-15-27(16-12-26)17-20-10-9-19(3)32-20/h4-5,7-10,18,23H,6,11-17H2,1-3H3. The monoisotopic (exact) mass is 435 g/mol. The number of fused-ring (bicyclic) bond motifs is 1. The minimum atomic E-state index is -0.484. The second kappa shape index (κ2) is 8.07. The van der Waals surface area contributed by atoms with Crippen LogP contribution in [-0.4, -0.2) is 64.3 Å². The maximum atomic E-state index is 13.8. The van der Waals surface area contributed by atoms with Crippen molar-refractivity contribution in [3.05, 3.63) is 59.0 Å². The van der Waals surface area contributed by atoms with Gasteiger partial charge in [0, 0.05) is 37.8 Å². The highest BCUT2D eigenvalue weighted by molar-refractivity contribution is 6.02. The van der Waals surface area contributed by atoms with Crippen LogP contribution in [0.5, 0.6) is 0 Å². The molecule has 2 fully saturated rings. The van der Waals surface area contributed by atoms with Gasteiger partial charge in [-0.1, -0.05) is 18.2 Å². The summed E-state index contributed by atoms with van der Waals surface area (Å²) >= 11 is 0. The van der Waals surface area contributed by atoms with E-state index in [0.717, 1.165) is 69.1 Å². The van der Waals surface area contributed by atoms with E-state index in [-0.39, 0.29) is 23.8 Å². The fourth-order valence-corrected chi connectivity index (χ4v) is 5.95. The van der Waals surface area contributed by atoms with Crippen molar-refractivity contribution >= 4 is 11.8 Å². The average molecular weight is 436 g/mol. The molecule has 6 heteroatoms. The maximum Gasteiger partial charge on any atom is 0.254 e. The Labute approximate surface area is 190 Å². The van der Waals surface area contributed by atoms with Gasteiger partial charge in [0.25, 0.3) is 5.91 Å². The number of aryl methyl sites for hydroxylation is 1. The van der Waals surface area contributed by atoms with Crippen molar-refractivity contribution in [3.8, 4) is 0 Å². The molecular weight excluding hydrogens is 402 g/mol. The molecule has 3 aliphatic rings. The number of amides is 2. The third kappa shape index (κ3) is 3.36. The van der Waals surface area contributed by atoms with E-state index in [9.17, 15) is 9.59 Å². The van der Waals surface area contributed by atoms with E-state index >= 15 is 0 Å². The van der Waals surface area contributed by atoms with Crippen LogP contribution >= 0.6 is 0 Å². The third-order valence-electron chi connectivity index (χ3n) is 7.57. The van der Waals surface area contributed by atoms with Gasteiger partial charge in [-0.3, -0.25) is 14.5 Å². The average Bonchev–Trinajstić information content (AvgIpc) is 3.13. The van der Waals surface area contributed by atoms with Gasteiger partial charge < -0.3 is 14.2 Å². The topological polar surface area (TPSA) is 57.0 Å². The molecule has 2 saturated heterocycles. The van der Waals surface area contributed by atoms with Gasteiger partial charge >= 0.3 is 0 Å². The molecule has 0 N–H and O–H groups in total. The number of carbonyl (C=O) groups is 2. The van der Waals surface area contributed by atoms with E-state index in [1.54, 1.807) is 0 Å². The van der Waals surface area contributed by atoms with Crippen LogP contribution in [0.25, 0.3) is 0 Å². The Hall–Kier alpha value is -2.60. The van der Waals surface area contributed by atoms with Gasteiger partial charge in [-0.25, -0.2) is 0 Å². The molecule has 2 amide bonds. The summed E-state index contributed by atoms with van der Waals surface area (Å²) in [6.45, 7) is 10.2. The van der Waals surface area contributed by atoms with Gasteiger partial charge in [-0.2, -0.15) is 0 Å². The SMILES string of the molecule is Cc1ccc(CN2CCC3(CC2)C(C(=O)N2CCC2)c2ccccc2C(=O)N3C(C)C)o1. The molecule has 170 valence electrons. The Morgan fingerprint density at radius 1 is 1.09 bits per heavy atom. The van der Waals surface area contributed by atoms with Crippen molar-refractivity contribution in [1.82, 2.24) is 14.7 Å². The van der Waals surface area contributed by atoms with Crippen LogP contribution in [0.15, 0.2) is 40.8 Å². The minimum absolute atomic E-state index is 0.0295. The van der Waals surface area contributed by atoms with Crippen molar-refractivity contribution in [1.29, 1.82) is 0 Å². The van der Waals surface area contributed by atoms with Crippen molar-refractivity contribution in [2.45, 2.75) is 64.1 Å². The van der Waals surface area contributed by atoms with Gasteiger partial charge in [0.15, 0.2) is 0 Å². The Balaban J connectivity index is 1.51. The number of nitrogens with zero attached hydrogens (tertiary/aromatic N) is 3. The molecule has 0 saturated carbocycles. The third-order valence-corrected chi connectivity index (χ3v) is 7.57. The molecule has 0 aliphatic carbocycles. The summed E-state index contributed by atoms with van der Waals surface area (Å²) in [4.78, 5) is 33.9. The number of piperidine rings is 1. The van der Waals surface area contributed by atoms with Crippen LogP contribution in [0.3, 0.4) is 0 Å². The lowest BCUT2D eigenvalue weighted by Crippen LogP contribution is -2.67. The summed E-state index contributed by atoms with van der Waals surface area (Å²) in [5.41, 5.74) is 1.13. The van der Waals surface area contributed by atoms with Crippen LogP contribution in [0.2, 0.25) is 0 Å². The zero-order valence-corrected chi connectivity index (χ0v) is 19.3. The van der Waals surface area contributed by atoms with Crippen LogP contribution in [0, 0.1) is 6.92 Å². The zero-order chi connectivity index (χ0) is 22.5. The number of benzene rings is 1. The van der Waals surface area contributed by atoms with E-state index < -0.39 is 5.54 Å². The number of rotatable bonds is 4. The van der Waals surface area contributed by atoms with Crippen molar-refractivity contribution in [3.63, 3.8) is 0 Å². The number of hydrogen-bond donors (Lipinski definition) is 0. The highest BCUT2D eigenvalue weighted by atomic mass is 16.3. The molecule has 1 spiro atoms. The normalized spacial score (nSPS) is 22.9. The van der Waals surface area contributed by atoms with Gasteiger partial charge in [0.2, 0.25) is 5.91 Å².